The largest absolute Gasteiger partial charge is 0.487 e. The number of fused-ring (bicyclic) bond motifs is 1. The molecule has 22 heavy (non-hydrogen) atoms. The van der Waals surface area contributed by atoms with E-state index in [4.69, 9.17) is 9.84 Å². The monoisotopic (exact) mass is 328 g/mol. The first kappa shape index (κ1) is 16.6. The summed E-state index contributed by atoms with van der Waals surface area (Å²) in [5.41, 5.74) is 0.738. The van der Waals surface area contributed by atoms with E-state index in [1.54, 1.807) is 12.1 Å². The van der Waals surface area contributed by atoms with Crippen molar-refractivity contribution < 1.29 is 23.1 Å². The van der Waals surface area contributed by atoms with Gasteiger partial charge in [-0.2, -0.15) is 0 Å². The Bertz CT molecular complexity index is 659. The van der Waals surface area contributed by atoms with Gasteiger partial charge in [-0.05, 0) is 32.0 Å². The van der Waals surface area contributed by atoms with Crippen molar-refractivity contribution in [1.29, 1.82) is 0 Å². The van der Waals surface area contributed by atoms with Crippen molar-refractivity contribution in [1.82, 2.24) is 4.72 Å². The summed E-state index contributed by atoms with van der Waals surface area (Å²) in [5, 5.41) is 8.57. The molecule has 1 heterocycles. The molecule has 0 saturated carbocycles. The van der Waals surface area contributed by atoms with Crippen molar-refractivity contribution in [3.8, 4) is 5.75 Å². The van der Waals surface area contributed by atoms with Crippen molar-refractivity contribution in [2.24, 2.45) is 0 Å². The summed E-state index contributed by atoms with van der Waals surface area (Å²) in [6.07, 6.45) is -0.213. The molecule has 1 aliphatic rings. The summed E-state index contributed by atoms with van der Waals surface area (Å²) in [5.74, 6) is -0.391. The van der Waals surface area contributed by atoms with Crippen LogP contribution in [0.15, 0.2) is 23.1 Å². The predicted molar refractivity (Wildman–Crippen MR) is 81.9 cm³/mol. The molecule has 7 nitrogen and oxygen atoms in total. The number of sulfonamides is 1. The lowest BCUT2D eigenvalue weighted by Crippen LogP contribution is -2.38. The van der Waals surface area contributed by atoms with Gasteiger partial charge >= 0.3 is 5.97 Å². The van der Waals surface area contributed by atoms with E-state index in [9.17, 15) is 13.2 Å². The molecule has 0 aromatic heterocycles. The molecule has 2 rings (SSSR count). The number of ether oxygens (including phenoxy) is 1. The topological polar surface area (TPSA) is 95.9 Å². The first-order valence-electron chi connectivity index (χ1n) is 7.10. The third-order valence-corrected chi connectivity index (χ3v) is 4.86. The van der Waals surface area contributed by atoms with Crippen LogP contribution in [0.4, 0.5) is 5.69 Å². The maximum absolute atomic E-state index is 12.2. The highest BCUT2D eigenvalue weighted by Gasteiger charge is 2.24. The molecule has 122 valence electrons. The van der Waals surface area contributed by atoms with Crippen LogP contribution < -0.4 is 14.4 Å². The Balaban J connectivity index is 2.24. The number of likely N-dealkylation sites (N-methyl/N-ethyl adjacent to an activating group) is 1. The maximum Gasteiger partial charge on any atom is 0.304 e. The highest BCUT2D eigenvalue weighted by Crippen LogP contribution is 2.35. The van der Waals surface area contributed by atoms with Crippen LogP contribution in [0.25, 0.3) is 0 Å². The average Bonchev–Trinajstić information content (AvgIpc) is 2.45. The molecular formula is C14H20N2O5S. The zero-order valence-corrected chi connectivity index (χ0v) is 13.4. The lowest BCUT2D eigenvalue weighted by atomic mass is 10.2. The Morgan fingerprint density at radius 3 is 2.86 bits per heavy atom. The Hall–Kier alpha value is -1.80. The summed E-state index contributed by atoms with van der Waals surface area (Å²) in [6.45, 7) is 5.26. The van der Waals surface area contributed by atoms with Crippen LogP contribution >= 0.6 is 0 Å². The zero-order valence-electron chi connectivity index (χ0n) is 12.6. The van der Waals surface area contributed by atoms with Gasteiger partial charge in [0, 0.05) is 13.1 Å². The van der Waals surface area contributed by atoms with E-state index in [-0.39, 0.29) is 24.0 Å². The van der Waals surface area contributed by atoms with E-state index >= 15 is 0 Å². The van der Waals surface area contributed by atoms with Gasteiger partial charge in [-0.1, -0.05) is 0 Å². The molecule has 1 aromatic carbocycles. The molecule has 8 heteroatoms. The van der Waals surface area contributed by atoms with Gasteiger partial charge in [-0.15, -0.1) is 0 Å². The third kappa shape index (κ3) is 3.69. The normalized spacial score (nSPS) is 17.7. The second-order valence-corrected chi connectivity index (χ2v) is 6.91. The van der Waals surface area contributed by atoms with E-state index in [1.165, 1.54) is 6.07 Å². The number of nitrogens with one attached hydrogen (secondary N) is 1. The molecule has 0 amide bonds. The zero-order chi connectivity index (χ0) is 16.3. The minimum Gasteiger partial charge on any atom is -0.487 e. The Labute approximate surface area is 129 Å². The fourth-order valence-corrected chi connectivity index (χ4v) is 3.40. The van der Waals surface area contributed by atoms with Gasteiger partial charge in [0.2, 0.25) is 10.0 Å². The number of anilines is 1. The van der Waals surface area contributed by atoms with Crippen molar-refractivity contribution in [3.63, 3.8) is 0 Å². The Morgan fingerprint density at radius 1 is 1.50 bits per heavy atom. The van der Waals surface area contributed by atoms with Crippen LogP contribution in [0.3, 0.4) is 0 Å². The molecule has 0 radical (unpaired) electrons. The second kappa shape index (κ2) is 6.53. The van der Waals surface area contributed by atoms with E-state index < -0.39 is 16.0 Å². The van der Waals surface area contributed by atoms with E-state index in [0.717, 1.165) is 12.2 Å². The number of hydrogen-bond acceptors (Lipinski definition) is 5. The van der Waals surface area contributed by atoms with Crippen molar-refractivity contribution in [2.45, 2.75) is 31.3 Å². The van der Waals surface area contributed by atoms with E-state index in [1.807, 2.05) is 13.8 Å². The fourth-order valence-electron chi connectivity index (χ4n) is 2.35. The van der Waals surface area contributed by atoms with Gasteiger partial charge in [0.15, 0.2) is 0 Å². The summed E-state index contributed by atoms with van der Waals surface area (Å²) >= 11 is 0. The Kier molecular flexibility index (Phi) is 4.92. The molecular weight excluding hydrogens is 308 g/mol. The summed E-state index contributed by atoms with van der Waals surface area (Å²) in [7, 11) is -3.73. The fraction of sp³-hybridized carbons (Fsp3) is 0.500. The molecule has 1 unspecified atom stereocenters. The lowest BCUT2D eigenvalue weighted by Gasteiger charge is -2.34. The van der Waals surface area contributed by atoms with Crippen LogP contribution in [0.2, 0.25) is 0 Å². The lowest BCUT2D eigenvalue weighted by molar-refractivity contribution is -0.136. The summed E-state index contributed by atoms with van der Waals surface area (Å²) in [4.78, 5) is 12.6. The number of carboxylic acid groups (broad SMARTS) is 1. The molecule has 1 aromatic rings. The van der Waals surface area contributed by atoms with Gasteiger partial charge in [0.25, 0.3) is 0 Å². The van der Waals surface area contributed by atoms with E-state index in [0.29, 0.717) is 12.3 Å². The first-order valence-corrected chi connectivity index (χ1v) is 8.59. The number of carboxylic acids is 1. The molecule has 1 atom stereocenters. The number of hydrogen-bond donors (Lipinski definition) is 2. The molecule has 0 aliphatic carbocycles. The molecule has 2 N–H and O–H groups in total. The van der Waals surface area contributed by atoms with Crippen molar-refractivity contribution in [3.05, 3.63) is 18.2 Å². The van der Waals surface area contributed by atoms with Crippen LogP contribution in [-0.2, 0) is 14.8 Å². The average molecular weight is 328 g/mol. The van der Waals surface area contributed by atoms with Gasteiger partial charge < -0.3 is 14.7 Å². The third-order valence-electron chi connectivity index (χ3n) is 3.40. The van der Waals surface area contributed by atoms with E-state index in [2.05, 4.69) is 9.62 Å². The SMILES string of the molecule is CCN1CC(C)Oc2ccc(S(=O)(=O)NCCC(=O)O)cc21. The number of carbonyl (C=O) groups is 1. The number of rotatable bonds is 6. The quantitative estimate of drug-likeness (QED) is 0.810. The van der Waals surface area contributed by atoms with Crippen LogP contribution in [-0.4, -0.2) is 45.2 Å². The Morgan fingerprint density at radius 2 is 2.23 bits per heavy atom. The smallest absolute Gasteiger partial charge is 0.304 e. The van der Waals surface area contributed by atoms with Gasteiger partial charge in [0.1, 0.15) is 11.9 Å². The van der Waals surface area contributed by atoms with Gasteiger partial charge in [0.05, 0.1) is 23.5 Å². The highest BCUT2D eigenvalue weighted by atomic mass is 32.2. The van der Waals surface area contributed by atoms with Crippen molar-refractivity contribution >= 4 is 21.7 Å². The minimum atomic E-state index is -3.73. The number of aliphatic carboxylic acids is 1. The van der Waals surface area contributed by atoms with Crippen molar-refractivity contribution in [2.75, 3.05) is 24.5 Å². The number of benzene rings is 1. The molecule has 0 fully saturated rings. The minimum absolute atomic E-state index is 0.0450. The second-order valence-electron chi connectivity index (χ2n) is 5.14. The maximum atomic E-state index is 12.2. The standard InChI is InChI=1S/C14H20N2O5S/c1-3-16-9-10(2)21-13-5-4-11(8-12(13)16)22(19,20)15-7-6-14(17)18/h4-5,8,10,15H,3,6-7,9H2,1-2H3,(H,17,18). The van der Waals surface area contributed by atoms with Gasteiger partial charge in [-0.3, -0.25) is 4.79 Å². The highest BCUT2D eigenvalue weighted by molar-refractivity contribution is 7.89. The predicted octanol–water partition coefficient (Wildman–Crippen LogP) is 1.05. The molecule has 0 spiro atoms. The molecule has 0 saturated heterocycles. The summed E-state index contributed by atoms with van der Waals surface area (Å²) in [6, 6.07) is 4.67. The summed E-state index contributed by atoms with van der Waals surface area (Å²) < 4.78 is 32.4. The number of nitrogens with zero attached hydrogens (tertiary/aromatic N) is 1. The first-order chi connectivity index (χ1) is 10.3. The van der Waals surface area contributed by atoms with Gasteiger partial charge in [-0.25, -0.2) is 13.1 Å². The molecule has 1 aliphatic heterocycles. The van der Waals surface area contributed by atoms with Crippen LogP contribution in [0.1, 0.15) is 20.3 Å². The van der Waals surface area contributed by atoms with Crippen LogP contribution in [0.5, 0.6) is 5.75 Å². The van der Waals surface area contributed by atoms with Crippen LogP contribution in [0, 0.1) is 0 Å². The molecule has 0 bridgehead atoms.